The van der Waals surface area contributed by atoms with Gasteiger partial charge in [0, 0.05) is 30.1 Å². The highest BCUT2D eigenvalue weighted by atomic mass is 32.2. The number of aliphatic carboxylic acids is 1. The monoisotopic (exact) mass is 548 g/mol. The number of guanidine groups is 1. The van der Waals surface area contributed by atoms with Gasteiger partial charge >= 0.3 is 5.97 Å². The first kappa shape index (κ1) is 30.4. The summed E-state index contributed by atoms with van der Waals surface area (Å²) in [5.41, 5.74) is 18.0. The van der Waals surface area contributed by atoms with Crippen molar-refractivity contribution in [1.29, 1.82) is 0 Å². The molecule has 2 aromatic rings. The number of aromatic nitrogens is 1. The molecule has 208 valence electrons. The predicted octanol–water partition coefficient (Wildman–Crippen LogP) is -0.985. The number of H-pyrrole nitrogens is 1. The third-order valence-corrected chi connectivity index (χ3v) is 6.35. The molecular weight excluding hydrogens is 512 g/mol. The Morgan fingerprint density at radius 3 is 2.50 bits per heavy atom. The normalized spacial score (nSPS) is 13.2. The molecule has 0 saturated heterocycles. The fourth-order valence-electron chi connectivity index (χ4n) is 3.68. The maximum Gasteiger partial charge on any atom is 0.326 e. The van der Waals surface area contributed by atoms with Crippen molar-refractivity contribution in [1.82, 2.24) is 20.9 Å². The van der Waals surface area contributed by atoms with Gasteiger partial charge in [-0.3, -0.25) is 19.4 Å². The molecule has 3 amide bonds. The van der Waals surface area contributed by atoms with E-state index in [0.717, 1.165) is 16.5 Å². The van der Waals surface area contributed by atoms with Gasteiger partial charge < -0.3 is 43.2 Å². The number of hydrogen-bond donors (Lipinski definition) is 8. The van der Waals surface area contributed by atoms with Crippen LogP contribution in [0.25, 0.3) is 10.9 Å². The molecule has 0 aliphatic rings. The number of aromatic amines is 1. The van der Waals surface area contributed by atoms with Crippen LogP contribution in [0.4, 0.5) is 0 Å². The average molecular weight is 549 g/mol. The van der Waals surface area contributed by atoms with E-state index in [-0.39, 0.29) is 31.9 Å². The number of hydrogen-bond acceptors (Lipinski definition) is 7. The summed E-state index contributed by atoms with van der Waals surface area (Å²) in [5, 5.41) is 18.0. The number of aliphatic imine (C=N–C) groups is 1. The lowest BCUT2D eigenvalue weighted by Crippen LogP contribution is -2.54. The zero-order chi connectivity index (χ0) is 28.1. The highest BCUT2D eigenvalue weighted by Crippen LogP contribution is 2.19. The van der Waals surface area contributed by atoms with Gasteiger partial charge in [0.05, 0.1) is 12.6 Å². The van der Waals surface area contributed by atoms with E-state index in [1.54, 1.807) is 18.0 Å². The number of nitrogens with two attached hydrogens (primary N) is 3. The van der Waals surface area contributed by atoms with E-state index in [1.807, 2.05) is 30.5 Å². The van der Waals surface area contributed by atoms with Crippen LogP contribution >= 0.6 is 11.8 Å². The van der Waals surface area contributed by atoms with Crippen molar-refractivity contribution >= 4 is 52.3 Å². The summed E-state index contributed by atoms with van der Waals surface area (Å²) in [5.74, 6) is -2.41. The summed E-state index contributed by atoms with van der Waals surface area (Å²) in [4.78, 5) is 56.7. The van der Waals surface area contributed by atoms with Crippen molar-refractivity contribution in [3.8, 4) is 0 Å². The highest BCUT2D eigenvalue weighted by Gasteiger charge is 2.27. The summed E-state index contributed by atoms with van der Waals surface area (Å²) in [6, 6.07) is 4.38. The van der Waals surface area contributed by atoms with Crippen LogP contribution in [0.15, 0.2) is 35.5 Å². The standard InChI is InChI=1S/C24H36N8O5S/c1-38-10-8-16(25)21(34)30-13-20(33)31-19(11-14-12-29-17-6-3-2-5-15(14)17)22(35)32-18(23(36)37)7-4-9-28-24(26)27/h2-3,5-6,12,16,18-19,29H,4,7-11,13,25H2,1H3,(H,30,34)(H,31,33)(H,32,35)(H,36,37)(H4,26,27,28). The largest absolute Gasteiger partial charge is 0.480 e. The first-order chi connectivity index (χ1) is 18.1. The molecule has 2 rings (SSSR count). The molecule has 0 bridgehead atoms. The van der Waals surface area contributed by atoms with Gasteiger partial charge in [0.25, 0.3) is 0 Å². The molecular formula is C24H36N8O5S. The van der Waals surface area contributed by atoms with Crippen LogP contribution in [0.5, 0.6) is 0 Å². The predicted molar refractivity (Wildman–Crippen MR) is 147 cm³/mol. The van der Waals surface area contributed by atoms with Crippen LogP contribution < -0.4 is 33.2 Å². The number of nitrogens with zero attached hydrogens (tertiary/aromatic N) is 1. The van der Waals surface area contributed by atoms with Crippen LogP contribution in [-0.4, -0.2) is 83.0 Å². The minimum Gasteiger partial charge on any atom is -0.480 e. The summed E-state index contributed by atoms with van der Waals surface area (Å²) >= 11 is 1.55. The van der Waals surface area contributed by atoms with Gasteiger partial charge in [0.1, 0.15) is 12.1 Å². The van der Waals surface area contributed by atoms with E-state index in [0.29, 0.717) is 18.6 Å². The molecule has 38 heavy (non-hydrogen) atoms. The van der Waals surface area contributed by atoms with E-state index < -0.39 is 41.8 Å². The second-order valence-corrected chi connectivity index (χ2v) is 9.62. The Kier molecular flexibility index (Phi) is 12.4. The van der Waals surface area contributed by atoms with Crippen LogP contribution in [0.3, 0.4) is 0 Å². The minimum atomic E-state index is -1.23. The fraction of sp³-hybridized carbons (Fsp3) is 0.458. The molecule has 13 nitrogen and oxygen atoms in total. The SMILES string of the molecule is CSCCC(N)C(=O)NCC(=O)NC(Cc1c[nH]c2ccccc12)C(=O)NC(CCCN=C(N)N)C(=O)O. The maximum absolute atomic E-state index is 13.2. The molecule has 0 radical (unpaired) electrons. The third kappa shape index (κ3) is 9.94. The maximum atomic E-state index is 13.2. The second-order valence-electron chi connectivity index (χ2n) is 8.64. The summed E-state index contributed by atoms with van der Waals surface area (Å²) in [6.07, 6.45) is 4.57. The number of benzene rings is 1. The Labute approximate surface area is 224 Å². The topological polar surface area (TPSA) is 231 Å². The Hall–Kier alpha value is -3.78. The fourth-order valence-corrected chi connectivity index (χ4v) is 4.17. The Morgan fingerprint density at radius 1 is 1.08 bits per heavy atom. The number of amides is 3. The molecule has 14 heteroatoms. The number of para-hydroxylation sites is 1. The molecule has 1 heterocycles. The van der Waals surface area contributed by atoms with Crippen LogP contribution in [-0.2, 0) is 25.6 Å². The first-order valence-corrected chi connectivity index (χ1v) is 13.5. The lowest BCUT2D eigenvalue weighted by Gasteiger charge is -2.22. The van der Waals surface area contributed by atoms with Gasteiger partial charge in [-0.1, -0.05) is 18.2 Å². The van der Waals surface area contributed by atoms with Gasteiger partial charge in [-0.2, -0.15) is 11.8 Å². The van der Waals surface area contributed by atoms with Crippen LogP contribution in [0.1, 0.15) is 24.8 Å². The van der Waals surface area contributed by atoms with Gasteiger partial charge in [-0.05, 0) is 42.9 Å². The molecule has 0 saturated carbocycles. The van der Waals surface area contributed by atoms with Crippen molar-refractivity contribution in [3.05, 3.63) is 36.0 Å². The van der Waals surface area contributed by atoms with E-state index in [4.69, 9.17) is 17.2 Å². The average Bonchev–Trinajstić information content (AvgIpc) is 3.29. The smallest absolute Gasteiger partial charge is 0.326 e. The highest BCUT2D eigenvalue weighted by molar-refractivity contribution is 7.98. The molecule has 0 spiro atoms. The summed E-state index contributed by atoms with van der Waals surface area (Å²) in [6.45, 7) is -0.180. The van der Waals surface area contributed by atoms with E-state index >= 15 is 0 Å². The first-order valence-electron chi connectivity index (χ1n) is 12.1. The van der Waals surface area contributed by atoms with Crippen molar-refractivity contribution in [2.24, 2.45) is 22.2 Å². The van der Waals surface area contributed by atoms with Crippen LogP contribution in [0, 0.1) is 0 Å². The van der Waals surface area contributed by atoms with Gasteiger partial charge in [0.2, 0.25) is 17.7 Å². The minimum absolute atomic E-state index is 0.0790. The van der Waals surface area contributed by atoms with Crippen LogP contribution in [0.2, 0.25) is 0 Å². The number of nitrogens with one attached hydrogen (secondary N) is 4. The lowest BCUT2D eigenvalue weighted by atomic mass is 10.0. The van der Waals surface area contributed by atoms with E-state index in [9.17, 15) is 24.3 Å². The number of carbonyl (C=O) groups is 4. The molecule has 0 fully saturated rings. The van der Waals surface area contributed by atoms with Crippen molar-refractivity contribution in [2.75, 3.05) is 25.1 Å². The summed E-state index contributed by atoms with van der Waals surface area (Å²) < 4.78 is 0. The third-order valence-electron chi connectivity index (χ3n) is 5.70. The zero-order valence-corrected chi connectivity index (χ0v) is 22.1. The second kappa shape index (κ2) is 15.5. The van der Waals surface area contributed by atoms with Crippen molar-refractivity contribution < 1.29 is 24.3 Å². The van der Waals surface area contributed by atoms with E-state index in [1.165, 1.54) is 0 Å². The molecule has 0 aliphatic heterocycles. The Morgan fingerprint density at radius 2 is 1.82 bits per heavy atom. The van der Waals surface area contributed by atoms with Gasteiger partial charge in [-0.15, -0.1) is 0 Å². The number of carboxylic acid groups (broad SMARTS) is 1. The molecule has 3 unspecified atom stereocenters. The molecule has 0 aliphatic carbocycles. The Bertz CT molecular complexity index is 1130. The number of rotatable bonds is 16. The molecule has 11 N–H and O–H groups in total. The van der Waals surface area contributed by atoms with Crippen molar-refractivity contribution in [3.63, 3.8) is 0 Å². The number of thioether (sulfide) groups is 1. The van der Waals surface area contributed by atoms with Gasteiger partial charge in [0.15, 0.2) is 5.96 Å². The number of carbonyl (C=O) groups excluding carboxylic acids is 3. The Balaban J connectivity index is 2.11. The van der Waals surface area contributed by atoms with Gasteiger partial charge in [-0.25, -0.2) is 4.79 Å². The quantitative estimate of drug-likeness (QED) is 0.0730. The number of carboxylic acids is 1. The zero-order valence-electron chi connectivity index (χ0n) is 21.2. The molecule has 3 atom stereocenters. The lowest BCUT2D eigenvalue weighted by molar-refractivity contribution is -0.142. The summed E-state index contributed by atoms with van der Waals surface area (Å²) in [7, 11) is 0. The number of fused-ring (bicyclic) bond motifs is 1. The molecule has 1 aromatic carbocycles. The molecule has 1 aromatic heterocycles. The van der Waals surface area contributed by atoms with E-state index in [2.05, 4.69) is 25.9 Å². The van der Waals surface area contributed by atoms with Crippen molar-refractivity contribution in [2.45, 2.75) is 43.8 Å².